The van der Waals surface area contributed by atoms with Crippen molar-refractivity contribution in [2.45, 2.75) is 30.9 Å². The monoisotopic (exact) mass is 420 g/mol. The molecule has 0 saturated carbocycles. The van der Waals surface area contributed by atoms with Gasteiger partial charge in [0.15, 0.2) is 22.5 Å². The highest BCUT2D eigenvalue weighted by molar-refractivity contribution is 8.00. The van der Waals surface area contributed by atoms with Crippen LogP contribution in [0.25, 0.3) is 0 Å². The Balaban J connectivity index is 1.60. The van der Waals surface area contributed by atoms with Crippen LogP contribution in [0.15, 0.2) is 29.4 Å². The third-order valence-corrected chi connectivity index (χ3v) is 5.65. The Labute approximate surface area is 170 Å². The van der Waals surface area contributed by atoms with E-state index in [9.17, 15) is 4.79 Å². The molecule has 1 aromatic carbocycles. The minimum absolute atomic E-state index is 0.170. The fourth-order valence-corrected chi connectivity index (χ4v) is 3.65. The number of anilines is 1. The smallest absolute Gasteiger partial charge is 0.239 e. The molecular formula is C17H20N6O3S2. The van der Waals surface area contributed by atoms with Crippen molar-refractivity contribution in [2.24, 2.45) is 7.05 Å². The van der Waals surface area contributed by atoms with E-state index in [1.165, 1.54) is 23.1 Å². The van der Waals surface area contributed by atoms with Crippen LogP contribution in [0.3, 0.4) is 0 Å². The van der Waals surface area contributed by atoms with E-state index in [1.54, 1.807) is 18.6 Å². The molecule has 0 aliphatic carbocycles. The predicted molar refractivity (Wildman–Crippen MR) is 107 cm³/mol. The van der Waals surface area contributed by atoms with E-state index in [-0.39, 0.29) is 17.8 Å². The highest BCUT2D eigenvalue weighted by Crippen LogP contribution is 2.27. The molecule has 11 heteroatoms. The summed E-state index contributed by atoms with van der Waals surface area (Å²) in [6.45, 7) is 3.86. The van der Waals surface area contributed by atoms with Crippen LogP contribution in [0.5, 0.6) is 11.5 Å². The topological polar surface area (TPSA) is 104 Å². The lowest BCUT2D eigenvalue weighted by Gasteiger charge is -2.11. The number of rotatable bonds is 8. The van der Waals surface area contributed by atoms with Crippen LogP contribution < -0.4 is 14.8 Å². The first kappa shape index (κ1) is 20.1. The van der Waals surface area contributed by atoms with Gasteiger partial charge in [-0.2, -0.15) is 0 Å². The molecule has 0 unspecified atom stereocenters. The number of aromatic nitrogens is 5. The van der Waals surface area contributed by atoms with Crippen molar-refractivity contribution in [3.8, 4) is 11.5 Å². The van der Waals surface area contributed by atoms with Gasteiger partial charge >= 0.3 is 0 Å². The lowest BCUT2D eigenvalue weighted by Crippen LogP contribution is -2.22. The Morgan fingerprint density at radius 2 is 2.00 bits per heavy atom. The molecular weight excluding hydrogens is 400 g/mol. The van der Waals surface area contributed by atoms with Crippen molar-refractivity contribution in [2.75, 3.05) is 12.4 Å². The van der Waals surface area contributed by atoms with Gasteiger partial charge in [0.05, 0.1) is 12.4 Å². The van der Waals surface area contributed by atoms with Gasteiger partial charge in [-0.1, -0.05) is 35.2 Å². The van der Waals surface area contributed by atoms with Gasteiger partial charge in [-0.3, -0.25) is 10.1 Å². The number of methoxy groups -OCH3 is 1. The maximum atomic E-state index is 12.3. The molecule has 3 rings (SSSR count). The Hall–Kier alpha value is -2.66. The molecule has 2 aromatic heterocycles. The minimum atomic E-state index is -0.380. The van der Waals surface area contributed by atoms with Gasteiger partial charge in [0.2, 0.25) is 11.0 Å². The number of aryl methyl sites for hydroxylation is 1. The SMILES string of the molecule is COc1ccccc1OCc1nnc(S[C@@H](C)C(=O)Nc2nnc(C)s2)n1C. The fourth-order valence-electron chi connectivity index (χ4n) is 2.22. The lowest BCUT2D eigenvalue weighted by molar-refractivity contribution is -0.115. The average molecular weight is 421 g/mol. The first-order valence-corrected chi connectivity index (χ1v) is 10.1. The second-order valence-electron chi connectivity index (χ2n) is 5.77. The maximum absolute atomic E-state index is 12.3. The van der Waals surface area contributed by atoms with Crippen molar-refractivity contribution >= 4 is 34.1 Å². The number of ether oxygens (including phenoxy) is 2. The predicted octanol–water partition coefficient (Wildman–Crippen LogP) is 2.68. The van der Waals surface area contributed by atoms with Gasteiger partial charge in [-0.05, 0) is 26.0 Å². The summed E-state index contributed by atoms with van der Waals surface area (Å²) in [5, 5.41) is 20.4. The Kier molecular flexibility index (Phi) is 6.47. The summed E-state index contributed by atoms with van der Waals surface area (Å²) in [5.41, 5.74) is 0. The number of nitrogens with one attached hydrogen (secondary N) is 1. The van der Waals surface area contributed by atoms with Crippen LogP contribution in [0.2, 0.25) is 0 Å². The van der Waals surface area contributed by atoms with Crippen LogP contribution in [-0.4, -0.2) is 43.2 Å². The quantitative estimate of drug-likeness (QED) is 0.555. The van der Waals surface area contributed by atoms with E-state index in [2.05, 4.69) is 25.7 Å². The number of benzene rings is 1. The van der Waals surface area contributed by atoms with E-state index in [1.807, 2.05) is 38.2 Å². The number of carbonyl (C=O) groups is 1. The largest absolute Gasteiger partial charge is 0.493 e. The van der Waals surface area contributed by atoms with E-state index in [0.29, 0.717) is 27.6 Å². The zero-order chi connectivity index (χ0) is 20.1. The maximum Gasteiger partial charge on any atom is 0.239 e. The van der Waals surface area contributed by atoms with Gasteiger partial charge in [-0.15, -0.1) is 20.4 Å². The summed E-state index contributed by atoms with van der Waals surface area (Å²) in [5.74, 6) is 1.75. The normalized spacial score (nSPS) is 11.9. The third-order valence-electron chi connectivity index (χ3n) is 3.76. The van der Waals surface area contributed by atoms with Crippen molar-refractivity contribution in [3.05, 3.63) is 35.1 Å². The molecule has 9 nitrogen and oxygen atoms in total. The van der Waals surface area contributed by atoms with Crippen LogP contribution in [-0.2, 0) is 18.4 Å². The van der Waals surface area contributed by atoms with E-state index >= 15 is 0 Å². The number of hydrogen-bond acceptors (Lipinski definition) is 9. The highest BCUT2D eigenvalue weighted by Gasteiger charge is 2.20. The first-order valence-electron chi connectivity index (χ1n) is 8.39. The zero-order valence-corrected chi connectivity index (χ0v) is 17.5. The second kappa shape index (κ2) is 9.02. The highest BCUT2D eigenvalue weighted by atomic mass is 32.2. The molecule has 0 spiro atoms. The molecule has 3 aromatic rings. The van der Waals surface area contributed by atoms with Crippen molar-refractivity contribution in [3.63, 3.8) is 0 Å². The summed E-state index contributed by atoms with van der Waals surface area (Å²) < 4.78 is 12.9. The second-order valence-corrected chi connectivity index (χ2v) is 8.26. The van der Waals surface area contributed by atoms with Crippen molar-refractivity contribution in [1.82, 2.24) is 25.0 Å². The minimum Gasteiger partial charge on any atom is -0.493 e. The summed E-state index contributed by atoms with van der Waals surface area (Å²) in [6.07, 6.45) is 0. The molecule has 0 bridgehead atoms. The summed E-state index contributed by atoms with van der Waals surface area (Å²) >= 11 is 2.64. The van der Waals surface area contributed by atoms with Crippen LogP contribution in [0.4, 0.5) is 5.13 Å². The standard InChI is InChI=1S/C17H20N6O3S2/c1-10(15(24)18-16-21-19-11(2)28-16)27-17-22-20-14(23(17)3)9-26-13-8-6-5-7-12(13)25-4/h5-8,10H,9H2,1-4H3,(H,18,21,24)/t10-/m0/s1. The van der Waals surface area contributed by atoms with Crippen LogP contribution >= 0.6 is 23.1 Å². The molecule has 2 heterocycles. The molecule has 28 heavy (non-hydrogen) atoms. The van der Waals surface area contributed by atoms with Crippen LogP contribution in [0.1, 0.15) is 17.8 Å². The number of nitrogens with zero attached hydrogens (tertiary/aromatic N) is 5. The molecule has 148 valence electrons. The fraction of sp³-hybridized carbons (Fsp3) is 0.353. The number of carbonyl (C=O) groups excluding carboxylic acids is 1. The molecule has 1 atom stereocenters. The number of hydrogen-bond donors (Lipinski definition) is 1. The summed E-state index contributed by atoms with van der Waals surface area (Å²) in [7, 11) is 3.43. The Bertz CT molecular complexity index is 958. The van der Waals surface area contributed by atoms with Gasteiger partial charge in [0.25, 0.3) is 0 Å². The lowest BCUT2D eigenvalue weighted by atomic mass is 10.3. The first-order chi connectivity index (χ1) is 13.5. The van der Waals surface area contributed by atoms with Crippen molar-refractivity contribution in [1.29, 1.82) is 0 Å². The third kappa shape index (κ3) is 4.78. The molecule has 0 fully saturated rings. The van der Waals surface area contributed by atoms with Gasteiger partial charge in [-0.25, -0.2) is 0 Å². The van der Waals surface area contributed by atoms with Gasteiger partial charge in [0, 0.05) is 7.05 Å². The van der Waals surface area contributed by atoms with E-state index in [0.717, 1.165) is 5.01 Å². The number of para-hydroxylation sites is 2. The Morgan fingerprint density at radius 3 is 2.68 bits per heavy atom. The summed E-state index contributed by atoms with van der Waals surface area (Å²) in [4.78, 5) is 12.3. The van der Waals surface area contributed by atoms with E-state index < -0.39 is 0 Å². The summed E-state index contributed by atoms with van der Waals surface area (Å²) in [6, 6.07) is 7.40. The van der Waals surface area contributed by atoms with Crippen molar-refractivity contribution < 1.29 is 14.3 Å². The van der Waals surface area contributed by atoms with Gasteiger partial charge in [0.1, 0.15) is 11.6 Å². The number of amides is 1. The molecule has 0 aliphatic rings. The average Bonchev–Trinajstić information content (AvgIpc) is 3.25. The molecule has 0 radical (unpaired) electrons. The zero-order valence-electron chi connectivity index (χ0n) is 15.9. The Morgan fingerprint density at radius 1 is 1.25 bits per heavy atom. The van der Waals surface area contributed by atoms with Gasteiger partial charge < -0.3 is 14.0 Å². The van der Waals surface area contributed by atoms with Crippen LogP contribution in [0, 0.1) is 6.92 Å². The number of thioether (sulfide) groups is 1. The molecule has 0 aliphatic heterocycles. The molecule has 1 amide bonds. The molecule has 1 N–H and O–H groups in total. The molecule has 0 saturated heterocycles. The van der Waals surface area contributed by atoms with E-state index in [4.69, 9.17) is 9.47 Å².